The van der Waals surface area contributed by atoms with E-state index in [-0.39, 0.29) is 12.2 Å². The van der Waals surface area contributed by atoms with Crippen molar-refractivity contribution in [1.82, 2.24) is 0 Å². The summed E-state index contributed by atoms with van der Waals surface area (Å²) < 4.78 is 5.00. The predicted molar refractivity (Wildman–Crippen MR) is 90.9 cm³/mol. The fourth-order valence-corrected chi connectivity index (χ4v) is 2.25. The van der Waals surface area contributed by atoms with Gasteiger partial charge in [-0.1, -0.05) is 36.4 Å². The van der Waals surface area contributed by atoms with Crippen LogP contribution in [0.15, 0.2) is 48.5 Å². The number of hydrogen-bond acceptors (Lipinski definition) is 4. The highest BCUT2D eigenvalue weighted by molar-refractivity contribution is 6.04. The zero-order chi connectivity index (χ0) is 17.5. The summed E-state index contributed by atoms with van der Waals surface area (Å²) in [5.74, 6) is -1.11. The SMILES string of the molecule is CC(=O)c1ccccc1NC(=O)COC(=O)Cc1ccccc1C. The Balaban J connectivity index is 1.89. The van der Waals surface area contributed by atoms with Gasteiger partial charge in [0, 0.05) is 5.56 Å². The molecule has 0 aromatic heterocycles. The number of anilines is 1. The van der Waals surface area contributed by atoms with E-state index >= 15 is 0 Å². The average molecular weight is 325 g/mol. The Hall–Kier alpha value is -2.95. The summed E-state index contributed by atoms with van der Waals surface area (Å²) in [6, 6.07) is 14.2. The Morgan fingerprint density at radius 1 is 1.00 bits per heavy atom. The van der Waals surface area contributed by atoms with E-state index in [4.69, 9.17) is 4.74 Å². The standard InChI is InChI=1S/C19H19NO4/c1-13-7-3-4-8-15(13)11-19(23)24-12-18(22)20-17-10-6-5-9-16(17)14(2)21/h3-10H,11-12H2,1-2H3,(H,20,22). The van der Waals surface area contributed by atoms with Crippen molar-refractivity contribution in [2.45, 2.75) is 20.3 Å². The number of para-hydroxylation sites is 1. The molecule has 1 amide bonds. The molecule has 0 fully saturated rings. The molecule has 0 aliphatic heterocycles. The highest BCUT2D eigenvalue weighted by Crippen LogP contribution is 2.15. The van der Waals surface area contributed by atoms with Gasteiger partial charge in [0.05, 0.1) is 12.1 Å². The largest absolute Gasteiger partial charge is 0.455 e. The molecule has 2 rings (SSSR count). The van der Waals surface area contributed by atoms with Crippen molar-refractivity contribution >= 4 is 23.3 Å². The third kappa shape index (κ3) is 4.78. The van der Waals surface area contributed by atoms with Crippen molar-refractivity contribution < 1.29 is 19.1 Å². The van der Waals surface area contributed by atoms with Crippen LogP contribution in [0.4, 0.5) is 5.69 Å². The zero-order valence-corrected chi connectivity index (χ0v) is 13.7. The van der Waals surface area contributed by atoms with Crippen LogP contribution in [-0.2, 0) is 20.7 Å². The average Bonchev–Trinajstić information content (AvgIpc) is 2.55. The Bertz CT molecular complexity index is 767. The first kappa shape index (κ1) is 17.4. The van der Waals surface area contributed by atoms with Gasteiger partial charge in [-0.3, -0.25) is 14.4 Å². The second-order valence-electron chi connectivity index (χ2n) is 5.41. The topological polar surface area (TPSA) is 72.5 Å². The highest BCUT2D eigenvalue weighted by atomic mass is 16.5. The molecule has 0 saturated heterocycles. The Morgan fingerprint density at radius 2 is 1.67 bits per heavy atom. The van der Waals surface area contributed by atoms with Crippen molar-refractivity contribution in [3.8, 4) is 0 Å². The fraction of sp³-hybridized carbons (Fsp3) is 0.211. The van der Waals surface area contributed by atoms with E-state index < -0.39 is 18.5 Å². The summed E-state index contributed by atoms with van der Waals surface area (Å²) in [4.78, 5) is 35.3. The molecule has 0 unspecified atom stereocenters. The van der Waals surface area contributed by atoms with Crippen LogP contribution in [0.3, 0.4) is 0 Å². The van der Waals surface area contributed by atoms with Crippen molar-refractivity contribution in [3.05, 3.63) is 65.2 Å². The molecule has 0 spiro atoms. The van der Waals surface area contributed by atoms with E-state index in [1.165, 1.54) is 6.92 Å². The molecule has 5 heteroatoms. The van der Waals surface area contributed by atoms with Crippen molar-refractivity contribution in [2.75, 3.05) is 11.9 Å². The molecular formula is C19H19NO4. The van der Waals surface area contributed by atoms with Crippen LogP contribution in [0.25, 0.3) is 0 Å². The Labute approximate surface area is 140 Å². The lowest BCUT2D eigenvalue weighted by molar-refractivity contribution is -0.146. The molecule has 1 N–H and O–H groups in total. The number of Topliss-reactive ketones (excluding diaryl/α,β-unsaturated/α-hetero) is 1. The van der Waals surface area contributed by atoms with E-state index in [2.05, 4.69) is 5.32 Å². The molecular weight excluding hydrogens is 306 g/mol. The number of esters is 1. The van der Waals surface area contributed by atoms with Crippen LogP contribution in [0, 0.1) is 6.92 Å². The Kier molecular flexibility index (Phi) is 5.84. The quantitative estimate of drug-likeness (QED) is 0.655. The molecule has 2 aromatic rings. The number of ether oxygens (including phenoxy) is 1. The van der Waals surface area contributed by atoms with Gasteiger partial charge >= 0.3 is 5.97 Å². The number of ketones is 1. The molecule has 0 saturated carbocycles. The maximum atomic E-state index is 11.9. The predicted octanol–water partition coefficient (Wildman–Crippen LogP) is 2.92. The van der Waals surface area contributed by atoms with Crippen LogP contribution in [0.2, 0.25) is 0 Å². The third-order valence-electron chi connectivity index (χ3n) is 3.54. The lowest BCUT2D eigenvalue weighted by Gasteiger charge is -2.10. The molecule has 0 bridgehead atoms. The van der Waals surface area contributed by atoms with Crippen LogP contribution in [0.1, 0.15) is 28.4 Å². The van der Waals surface area contributed by atoms with Crippen molar-refractivity contribution in [3.63, 3.8) is 0 Å². The van der Waals surface area contributed by atoms with Gasteiger partial charge in [0.15, 0.2) is 12.4 Å². The second kappa shape index (κ2) is 8.06. The van der Waals surface area contributed by atoms with E-state index in [0.717, 1.165) is 11.1 Å². The molecule has 0 aliphatic rings. The number of amides is 1. The fourth-order valence-electron chi connectivity index (χ4n) is 2.25. The van der Waals surface area contributed by atoms with Gasteiger partial charge in [-0.2, -0.15) is 0 Å². The Morgan fingerprint density at radius 3 is 2.38 bits per heavy atom. The maximum absolute atomic E-state index is 11.9. The van der Waals surface area contributed by atoms with Gasteiger partial charge in [0.2, 0.25) is 0 Å². The van der Waals surface area contributed by atoms with Crippen molar-refractivity contribution in [1.29, 1.82) is 0 Å². The minimum atomic E-state index is -0.484. The first-order valence-corrected chi connectivity index (χ1v) is 7.57. The van der Waals surface area contributed by atoms with Gasteiger partial charge in [-0.15, -0.1) is 0 Å². The van der Waals surface area contributed by atoms with Gasteiger partial charge in [0.25, 0.3) is 5.91 Å². The molecule has 5 nitrogen and oxygen atoms in total. The van der Waals surface area contributed by atoms with Gasteiger partial charge < -0.3 is 10.1 Å². The number of hydrogen-bond donors (Lipinski definition) is 1. The molecule has 24 heavy (non-hydrogen) atoms. The second-order valence-corrected chi connectivity index (χ2v) is 5.41. The zero-order valence-electron chi connectivity index (χ0n) is 13.7. The maximum Gasteiger partial charge on any atom is 0.310 e. The van der Waals surface area contributed by atoms with Crippen molar-refractivity contribution in [2.24, 2.45) is 0 Å². The number of carbonyl (C=O) groups is 3. The summed E-state index contributed by atoms with van der Waals surface area (Å²) in [7, 11) is 0. The summed E-state index contributed by atoms with van der Waals surface area (Å²) in [6.07, 6.45) is 0.115. The molecule has 0 atom stereocenters. The number of nitrogens with one attached hydrogen (secondary N) is 1. The minimum absolute atomic E-state index is 0.115. The summed E-state index contributed by atoms with van der Waals surface area (Å²) >= 11 is 0. The van der Waals surface area contributed by atoms with Gasteiger partial charge in [0.1, 0.15) is 0 Å². The summed E-state index contributed by atoms with van der Waals surface area (Å²) in [5.41, 5.74) is 2.68. The van der Waals surface area contributed by atoms with E-state index in [1.807, 2.05) is 31.2 Å². The number of carbonyl (C=O) groups excluding carboxylic acids is 3. The molecule has 0 radical (unpaired) electrons. The molecule has 2 aromatic carbocycles. The minimum Gasteiger partial charge on any atom is -0.455 e. The lowest BCUT2D eigenvalue weighted by atomic mass is 10.1. The first-order valence-electron chi connectivity index (χ1n) is 7.57. The summed E-state index contributed by atoms with van der Waals surface area (Å²) in [6.45, 7) is 2.94. The normalized spacial score (nSPS) is 10.1. The molecule has 0 aliphatic carbocycles. The van der Waals surface area contributed by atoms with Gasteiger partial charge in [-0.05, 0) is 37.1 Å². The van der Waals surface area contributed by atoms with Crippen LogP contribution in [-0.4, -0.2) is 24.3 Å². The lowest BCUT2D eigenvalue weighted by Crippen LogP contribution is -2.22. The number of benzene rings is 2. The smallest absolute Gasteiger partial charge is 0.310 e. The van der Waals surface area contributed by atoms with E-state index in [9.17, 15) is 14.4 Å². The van der Waals surface area contributed by atoms with Crippen LogP contribution < -0.4 is 5.32 Å². The number of rotatable bonds is 6. The summed E-state index contributed by atoms with van der Waals surface area (Å²) in [5, 5.41) is 2.59. The van der Waals surface area contributed by atoms with E-state index in [1.54, 1.807) is 24.3 Å². The molecule has 0 heterocycles. The van der Waals surface area contributed by atoms with E-state index in [0.29, 0.717) is 11.3 Å². The highest BCUT2D eigenvalue weighted by Gasteiger charge is 2.12. The first-order chi connectivity index (χ1) is 11.5. The number of aryl methyl sites for hydroxylation is 1. The third-order valence-corrected chi connectivity index (χ3v) is 3.54. The van der Waals surface area contributed by atoms with Gasteiger partial charge in [-0.25, -0.2) is 0 Å². The molecule has 124 valence electrons. The van der Waals surface area contributed by atoms with Crippen LogP contribution in [0.5, 0.6) is 0 Å². The monoisotopic (exact) mass is 325 g/mol. The van der Waals surface area contributed by atoms with Crippen LogP contribution >= 0.6 is 0 Å².